The summed E-state index contributed by atoms with van der Waals surface area (Å²) < 4.78 is 0. The van der Waals surface area contributed by atoms with Crippen LogP contribution in [0.3, 0.4) is 0 Å². The summed E-state index contributed by atoms with van der Waals surface area (Å²) in [4.78, 5) is 4.08. The van der Waals surface area contributed by atoms with Gasteiger partial charge in [0.15, 0.2) is 0 Å². The van der Waals surface area contributed by atoms with Crippen LogP contribution in [0.25, 0.3) is 0 Å². The third kappa shape index (κ3) is 3.15. The maximum Gasteiger partial charge on any atom is 0.129 e. The molecule has 2 rings (SSSR count). The molecule has 1 aromatic heterocycles. The molecule has 0 aliphatic carbocycles. The van der Waals surface area contributed by atoms with Crippen molar-refractivity contribution in [2.24, 2.45) is 0 Å². The summed E-state index contributed by atoms with van der Waals surface area (Å²) in [6.45, 7) is 4.08. The minimum Gasteiger partial charge on any atom is -0.377 e. The van der Waals surface area contributed by atoms with E-state index < -0.39 is 0 Å². The van der Waals surface area contributed by atoms with Crippen molar-refractivity contribution in [1.29, 1.82) is 0 Å². The van der Waals surface area contributed by atoms with Gasteiger partial charge in [-0.05, 0) is 43.2 Å². The normalized spacial score (nSPS) is 12.2. The molecule has 4 heteroatoms. The predicted octanol–water partition coefficient (Wildman–Crippen LogP) is 4.87. The van der Waals surface area contributed by atoms with E-state index in [9.17, 15) is 0 Å². The number of nitrogens with one attached hydrogen (secondary N) is 1. The van der Waals surface area contributed by atoms with E-state index in [2.05, 4.69) is 17.2 Å². The SMILES string of the molecule is Cc1cc(Cl)ncc1NC(C)c1cccc(Cl)c1. The highest BCUT2D eigenvalue weighted by Gasteiger charge is 2.08. The number of benzene rings is 1. The second-order valence-corrected chi connectivity index (χ2v) is 5.07. The molecule has 0 spiro atoms. The molecule has 0 radical (unpaired) electrons. The highest BCUT2D eigenvalue weighted by atomic mass is 35.5. The summed E-state index contributed by atoms with van der Waals surface area (Å²) in [6, 6.07) is 9.81. The number of halogens is 2. The van der Waals surface area contributed by atoms with Crippen molar-refractivity contribution < 1.29 is 0 Å². The summed E-state index contributed by atoms with van der Waals surface area (Å²) in [6.07, 6.45) is 1.75. The molecular formula is C14H14Cl2N2. The monoisotopic (exact) mass is 280 g/mol. The van der Waals surface area contributed by atoms with Gasteiger partial charge in [0.2, 0.25) is 0 Å². The molecule has 0 saturated heterocycles. The van der Waals surface area contributed by atoms with E-state index in [4.69, 9.17) is 23.2 Å². The number of nitrogens with zero attached hydrogens (tertiary/aromatic N) is 1. The van der Waals surface area contributed by atoms with Crippen molar-refractivity contribution in [2.75, 3.05) is 5.32 Å². The van der Waals surface area contributed by atoms with E-state index in [-0.39, 0.29) is 6.04 Å². The van der Waals surface area contributed by atoms with Crippen LogP contribution in [0.1, 0.15) is 24.1 Å². The first-order chi connectivity index (χ1) is 8.56. The number of aryl methyl sites for hydroxylation is 1. The van der Waals surface area contributed by atoms with Crippen molar-refractivity contribution in [3.63, 3.8) is 0 Å². The quantitative estimate of drug-likeness (QED) is 0.812. The number of aromatic nitrogens is 1. The van der Waals surface area contributed by atoms with Crippen LogP contribution in [-0.4, -0.2) is 4.98 Å². The van der Waals surface area contributed by atoms with Crippen LogP contribution in [0.2, 0.25) is 10.2 Å². The molecule has 1 N–H and O–H groups in total. The van der Waals surface area contributed by atoms with Gasteiger partial charge < -0.3 is 5.32 Å². The summed E-state index contributed by atoms with van der Waals surface area (Å²) >= 11 is 11.8. The van der Waals surface area contributed by atoms with Crippen LogP contribution in [-0.2, 0) is 0 Å². The summed E-state index contributed by atoms with van der Waals surface area (Å²) in [5, 5.41) is 4.65. The van der Waals surface area contributed by atoms with Gasteiger partial charge in [-0.3, -0.25) is 0 Å². The fourth-order valence-corrected chi connectivity index (χ4v) is 2.18. The molecule has 1 heterocycles. The summed E-state index contributed by atoms with van der Waals surface area (Å²) in [5.74, 6) is 0. The second kappa shape index (κ2) is 5.59. The molecule has 94 valence electrons. The molecule has 1 unspecified atom stereocenters. The van der Waals surface area contributed by atoms with E-state index >= 15 is 0 Å². The Kier molecular flexibility index (Phi) is 4.10. The number of anilines is 1. The van der Waals surface area contributed by atoms with Crippen molar-refractivity contribution in [1.82, 2.24) is 4.98 Å². The second-order valence-electron chi connectivity index (χ2n) is 4.24. The van der Waals surface area contributed by atoms with Crippen LogP contribution >= 0.6 is 23.2 Å². The van der Waals surface area contributed by atoms with Gasteiger partial charge in [0, 0.05) is 11.1 Å². The highest BCUT2D eigenvalue weighted by Crippen LogP contribution is 2.24. The molecule has 0 fully saturated rings. The van der Waals surface area contributed by atoms with Crippen molar-refractivity contribution in [3.8, 4) is 0 Å². The van der Waals surface area contributed by atoms with Gasteiger partial charge >= 0.3 is 0 Å². The van der Waals surface area contributed by atoms with Crippen molar-refractivity contribution in [3.05, 3.63) is 57.8 Å². The maximum atomic E-state index is 5.99. The van der Waals surface area contributed by atoms with Crippen LogP contribution in [0.15, 0.2) is 36.5 Å². The number of hydrogen-bond acceptors (Lipinski definition) is 2. The van der Waals surface area contributed by atoms with E-state index in [0.29, 0.717) is 5.15 Å². The zero-order valence-corrected chi connectivity index (χ0v) is 11.8. The Bertz CT molecular complexity index is 555. The zero-order chi connectivity index (χ0) is 13.1. The Hall–Kier alpha value is -1.25. The standard InChI is InChI=1S/C14H14Cl2N2/c1-9-6-14(16)17-8-13(9)18-10(2)11-4-3-5-12(15)7-11/h3-8,10,18H,1-2H3. The molecular weight excluding hydrogens is 267 g/mol. The average molecular weight is 281 g/mol. The van der Waals surface area contributed by atoms with E-state index in [0.717, 1.165) is 21.8 Å². The lowest BCUT2D eigenvalue weighted by molar-refractivity contribution is 0.880. The van der Waals surface area contributed by atoms with Gasteiger partial charge in [0.25, 0.3) is 0 Å². The molecule has 2 nitrogen and oxygen atoms in total. The molecule has 18 heavy (non-hydrogen) atoms. The number of hydrogen-bond donors (Lipinski definition) is 1. The molecule has 0 amide bonds. The Morgan fingerprint density at radius 2 is 2.00 bits per heavy atom. The molecule has 0 aliphatic heterocycles. The maximum absolute atomic E-state index is 5.99. The van der Waals surface area contributed by atoms with Gasteiger partial charge in [-0.1, -0.05) is 35.3 Å². The summed E-state index contributed by atoms with van der Waals surface area (Å²) in [5.41, 5.74) is 3.19. The molecule has 2 aromatic rings. The smallest absolute Gasteiger partial charge is 0.129 e. The largest absolute Gasteiger partial charge is 0.377 e. The van der Waals surface area contributed by atoms with E-state index in [1.54, 1.807) is 6.20 Å². The number of rotatable bonds is 3. The van der Waals surface area contributed by atoms with Gasteiger partial charge in [0.05, 0.1) is 11.9 Å². The van der Waals surface area contributed by atoms with Gasteiger partial charge in [0.1, 0.15) is 5.15 Å². The number of pyridine rings is 1. The van der Waals surface area contributed by atoms with Crippen molar-refractivity contribution in [2.45, 2.75) is 19.9 Å². The third-order valence-corrected chi connectivity index (χ3v) is 3.24. The minimum absolute atomic E-state index is 0.158. The predicted molar refractivity (Wildman–Crippen MR) is 77.5 cm³/mol. The first kappa shape index (κ1) is 13.2. The Balaban J connectivity index is 2.18. The van der Waals surface area contributed by atoms with E-state index in [1.165, 1.54) is 0 Å². The van der Waals surface area contributed by atoms with Crippen LogP contribution in [0.5, 0.6) is 0 Å². The van der Waals surface area contributed by atoms with Crippen molar-refractivity contribution >= 4 is 28.9 Å². The molecule has 0 saturated carbocycles. The van der Waals surface area contributed by atoms with Gasteiger partial charge in [-0.25, -0.2) is 4.98 Å². The van der Waals surface area contributed by atoms with Crippen LogP contribution < -0.4 is 5.32 Å². The van der Waals surface area contributed by atoms with Crippen LogP contribution in [0, 0.1) is 6.92 Å². The fraction of sp³-hybridized carbons (Fsp3) is 0.214. The first-order valence-corrected chi connectivity index (χ1v) is 6.46. The van der Waals surface area contributed by atoms with E-state index in [1.807, 2.05) is 37.3 Å². The lowest BCUT2D eigenvalue weighted by Gasteiger charge is -2.17. The molecule has 1 aromatic carbocycles. The molecule has 0 bridgehead atoms. The highest BCUT2D eigenvalue weighted by molar-refractivity contribution is 6.30. The molecule has 0 aliphatic rings. The van der Waals surface area contributed by atoms with Gasteiger partial charge in [-0.2, -0.15) is 0 Å². The zero-order valence-electron chi connectivity index (χ0n) is 10.2. The summed E-state index contributed by atoms with van der Waals surface area (Å²) in [7, 11) is 0. The Morgan fingerprint density at radius 3 is 2.67 bits per heavy atom. The average Bonchev–Trinajstić information content (AvgIpc) is 2.32. The first-order valence-electron chi connectivity index (χ1n) is 5.70. The topological polar surface area (TPSA) is 24.9 Å². The molecule has 1 atom stereocenters. The third-order valence-electron chi connectivity index (χ3n) is 2.80. The lowest BCUT2D eigenvalue weighted by Crippen LogP contribution is -2.08. The Labute approximate surface area is 117 Å². The minimum atomic E-state index is 0.158. The lowest BCUT2D eigenvalue weighted by atomic mass is 10.1. The van der Waals surface area contributed by atoms with Gasteiger partial charge in [-0.15, -0.1) is 0 Å². The Morgan fingerprint density at radius 1 is 1.22 bits per heavy atom. The fourth-order valence-electron chi connectivity index (χ4n) is 1.77. The van der Waals surface area contributed by atoms with Crippen LogP contribution in [0.4, 0.5) is 5.69 Å².